The molecule has 4 aliphatic rings. The number of ether oxygens (including phenoxy) is 2. The van der Waals surface area contributed by atoms with E-state index in [1.165, 1.54) is 51.2 Å². The molecule has 1 N–H and O–H groups in total. The fraction of sp³-hybridized carbons (Fsp3) is 0.367. The Morgan fingerprint density at radius 3 is 2.20 bits per heavy atom. The summed E-state index contributed by atoms with van der Waals surface area (Å²) in [6, 6.07) is 21.3. The molecule has 3 aromatic rings. The van der Waals surface area contributed by atoms with Gasteiger partial charge in [-0.25, -0.2) is 4.79 Å². The van der Waals surface area contributed by atoms with E-state index in [9.17, 15) is 4.79 Å². The van der Waals surface area contributed by atoms with Crippen LogP contribution in [0.25, 0.3) is 0 Å². The highest BCUT2D eigenvalue weighted by atomic mass is 35.5. The molecule has 0 amide bonds. The zero-order valence-corrected chi connectivity index (χ0v) is 20.7. The first kappa shape index (κ1) is 22.5. The zero-order chi connectivity index (χ0) is 24.0. The molecule has 35 heavy (non-hydrogen) atoms. The van der Waals surface area contributed by atoms with Crippen LogP contribution in [0.3, 0.4) is 0 Å². The first-order chi connectivity index (χ1) is 17.0. The summed E-state index contributed by atoms with van der Waals surface area (Å²) < 4.78 is 11.0. The summed E-state index contributed by atoms with van der Waals surface area (Å²) >= 11 is 6.74. The van der Waals surface area contributed by atoms with Crippen LogP contribution in [0.15, 0.2) is 66.7 Å². The predicted molar refractivity (Wildman–Crippen MR) is 139 cm³/mol. The molecule has 0 unspecified atom stereocenters. The van der Waals surface area contributed by atoms with Gasteiger partial charge < -0.3 is 14.8 Å². The number of benzene rings is 3. The van der Waals surface area contributed by atoms with Crippen LogP contribution in [0.1, 0.15) is 54.4 Å². The van der Waals surface area contributed by atoms with E-state index < -0.39 is 0 Å². The molecule has 4 aliphatic carbocycles. The molecule has 0 saturated heterocycles. The van der Waals surface area contributed by atoms with E-state index in [0.717, 1.165) is 23.4 Å². The number of anilines is 2. The van der Waals surface area contributed by atoms with Crippen molar-refractivity contribution in [1.82, 2.24) is 0 Å². The third-order valence-electron chi connectivity index (χ3n) is 8.28. The van der Waals surface area contributed by atoms with Gasteiger partial charge in [-0.3, -0.25) is 0 Å². The van der Waals surface area contributed by atoms with Crippen molar-refractivity contribution < 1.29 is 14.3 Å². The van der Waals surface area contributed by atoms with Crippen molar-refractivity contribution in [3.8, 4) is 11.5 Å². The second-order valence-electron chi connectivity index (χ2n) is 10.6. The van der Waals surface area contributed by atoms with Crippen LogP contribution in [-0.4, -0.2) is 13.1 Å². The van der Waals surface area contributed by atoms with E-state index in [0.29, 0.717) is 33.2 Å². The van der Waals surface area contributed by atoms with Gasteiger partial charge in [-0.15, -0.1) is 0 Å². The minimum atomic E-state index is -0.375. The van der Waals surface area contributed by atoms with Crippen molar-refractivity contribution in [2.24, 2.45) is 17.8 Å². The average molecular weight is 488 g/mol. The molecule has 0 atom stereocenters. The molecule has 0 aromatic heterocycles. The average Bonchev–Trinajstić information content (AvgIpc) is 2.85. The molecular formula is C30H30ClNO3. The van der Waals surface area contributed by atoms with Gasteiger partial charge in [-0.05, 0) is 116 Å². The lowest BCUT2D eigenvalue weighted by Gasteiger charge is -2.57. The maximum atomic E-state index is 12.0. The fourth-order valence-electron chi connectivity index (χ4n) is 7.15. The van der Waals surface area contributed by atoms with Gasteiger partial charge in [0.05, 0.1) is 23.4 Å². The smallest absolute Gasteiger partial charge is 0.339 e. The Labute approximate surface area is 211 Å². The van der Waals surface area contributed by atoms with E-state index in [1.54, 1.807) is 6.07 Å². The Balaban J connectivity index is 1.16. The number of hydrogen-bond donors (Lipinski definition) is 1. The molecule has 4 saturated carbocycles. The predicted octanol–water partition coefficient (Wildman–Crippen LogP) is 8.13. The van der Waals surface area contributed by atoms with Crippen LogP contribution >= 0.6 is 11.6 Å². The van der Waals surface area contributed by atoms with Crippen LogP contribution in [0, 0.1) is 17.8 Å². The maximum absolute atomic E-state index is 12.0. The van der Waals surface area contributed by atoms with Crippen molar-refractivity contribution in [2.45, 2.75) is 43.9 Å². The van der Waals surface area contributed by atoms with Gasteiger partial charge in [-0.2, -0.15) is 0 Å². The summed E-state index contributed by atoms with van der Waals surface area (Å²) in [6.07, 6.45) is 8.28. The third-order valence-corrected chi connectivity index (χ3v) is 8.57. The van der Waals surface area contributed by atoms with Crippen LogP contribution in [-0.2, 0) is 10.2 Å². The molecule has 0 radical (unpaired) electrons. The van der Waals surface area contributed by atoms with Gasteiger partial charge in [0.15, 0.2) is 0 Å². The van der Waals surface area contributed by atoms with Gasteiger partial charge in [0.1, 0.15) is 11.5 Å². The van der Waals surface area contributed by atoms with Crippen molar-refractivity contribution >= 4 is 28.9 Å². The Bertz CT molecular complexity index is 1220. The van der Waals surface area contributed by atoms with Gasteiger partial charge in [0.25, 0.3) is 0 Å². The molecule has 5 heteroatoms. The minimum Gasteiger partial charge on any atom is -0.465 e. The number of methoxy groups -OCH3 is 1. The number of para-hydroxylation sites is 1. The SMILES string of the molecule is COC(=O)c1ccccc1Nc1ccc(Oc2ccc(C34CC5CC(CC(C5)C3)C4)cc2Cl)cc1. The van der Waals surface area contributed by atoms with Gasteiger partial charge in [-0.1, -0.05) is 29.8 Å². The molecule has 0 aliphatic heterocycles. The van der Waals surface area contributed by atoms with E-state index in [1.807, 2.05) is 48.5 Å². The van der Waals surface area contributed by atoms with Gasteiger partial charge in [0.2, 0.25) is 0 Å². The highest BCUT2D eigenvalue weighted by Crippen LogP contribution is 2.61. The number of carbonyl (C=O) groups excluding carboxylic acids is 1. The Morgan fingerprint density at radius 1 is 0.914 bits per heavy atom. The molecule has 7 rings (SSSR count). The molecule has 0 spiro atoms. The summed E-state index contributed by atoms with van der Waals surface area (Å²) in [4.78, 5) is 12.0. The number of halogens is 1. The van der Waals surface area contributed by atoms with Crippen LogP contribution in [0.2, 0.25) is 5.02 Å². The number of carbonyl (C=O) groups is 1. The molecule has 3 aromatic carbocycles. The van der Waals surface area contributed by atoms with Crippen LogP contribution in [0.5, 0.6) is 11.5 Å². The maximum Gasteiger partial charge on any atom is 0.339 e. The summed E-state index contributed by atoms with van der Waals surface area (Å²) in [5, 5.41) is 3.95. The molecule has 4 nitrogen and oxygen atoms in total. The fourth-order valence-corrected chi connectivity index (χ4v) is 7.37. The highest BCUT2D eigenvalue weighted by molar-refractivity contribution is 6.32. The largest absolute Gasteiger partial charge is 0.465 e. The first-order valence-corrected chi connectivity index (χ1v) is 12.9. The first-order valence-electron chi connectivity index (χ1n) is 12.5. The minimum absolute atomic E-state index is 0.324. The van der Waals surface area contributed by atoms with E-state index in [-0.39, 0.29) is 5.97 Å². The second kappa shape index (κ2) is 8.91. The lowest BCUT2D eigenvalue weighted by atomic mass is 9.48. The van der Waals surface area contributed by atoms with Crippen LogP contribution in [0.4, 0.5) is 11.4 Å². The summed E-state index contributed by atoms with van der Waals surface area (Å²) in [7, 11) is 1.38. The lowest BCUT2D eigenvalue weighted by molar-refractivity contribution is -0.00519. The number of hydrogen-bond acceptors (Lipinski definition) is 4. The molecular weight excluding hydrogens is 458 g/mol. The van der Waals surface area contributed by atoms with Crippen LogP contribution < -0.4 is 10.1 Å². The Kier molecular flexibility index (Phi) is 5.72. The topological polar surface area (TPSA) is 47.6 Å². The summed E-state index contributed by atoms with van der Waals surface area (Å²) in [5.41, 5.74) is 3.75. The molecule has 4 bridgehead atoms. The summed E-state index contributed by atoms with van der Waals surface area (Å²) in [5.74, 6) is 3.73. The molecule has 0 heterocycles. The number of esters is 1. The normalized spacial score (nSPS) is 26.4. The van der Waals surface area contributed by atoms with Crippen molar-refractivity contribution in [3.05, 3.63) is 82.9 Å². The van der Waals surface area contributed by atoms with Gasteiger partial charge in [0, 0.05) is 5.69 Å². The monoisotopic (exact) mass is 487 g/mol. The standard InChI is InChI=1S/C30H30ClNO3/c1-34-29(33)25-4-2-3-5-27(25)32-23-7-9-24(10-8-23)35-28-11-6-22(15-26(28)31)30-16-19-12-20(17-30)14-21(13-19)18-30/h2-11,15,19-21,32H,12-14,16-18H2,1H3. The number of rotatable bonds is 6. The van der Waals surface area contributed by atoms with Crippen molar-refractivity contribution in [2.75, 3.05) is 12.4 Å². The molecule has 4 fully saturated rings. The lowest BCUT2D eigenvalue weighted by Crippen LogP contribution is -2.48. The molecule has 180 valence electrons. The Morgan fingerprint density at radius 2 is 1.57 bits per heavy atom. The second-order valence-corrected chi connectivity index (χ2v) is 11.0. The third kappa shape index (κ3) is 4.29. The summed E-state index contributed by atoms with van der Waals surface area (Å²) in [6.45, 7) is 0. The van der Waals surface area contributed by atoms with E-state index >= 15 is 0 Å². The van der Waals surface area contributed by atoms with Crippen molar-refractivity contribution in [3.63, 3.8) is 0 Å². The highest BCUT2D eigenvalue weighted by Gasteiger charge is 2.51. The van der Waals surface area contributed by atoms with E-state index in [2.05, 4.69) is 17.4 Å². The quantitative estimate of drug-likeness (QED) is 0.356. The zero-order valence-electron chi connectivity index (χ0n) is 19.9. The Hall–Kier alpha value is -2.98. The van der Waals surface area contributed by atoms with Gasteiger partial charge >= 0.3 is 5.97 Å². The van der Waals surface area contributed by atoms with Crippen molar-refractivity contribution in [1.29, 1.82) is 0 Å². The van der Waals surface area contributed by atoms with E-state index in [4.69, 9.17) is 21.1 Å². The number of nitrogens with one attached hydrogen (secondary N) is 1.